The van der Waals surface area contributed by atoms with Gasteiger partial charge in [0.1, 0.15) is 0 Å². The normalized spacial score (nSPS) is 16.1. The van der Waals surface area contributed by atoms with Gasteiger partial charge in [-0.15, -0.1) is 0 Å². The van der Waals surface area contributed by atoms with Gasteiger partial charge in [0.25, 0.3) is 0 Å². The molecule has 1 saturated heterocycles. The van der Waals surface area contributed by atoms with Crippen LogP contribution in [0.15, 0.2) is 36.5 Å². The van der Waals surface area contributed by atoms with Crippen molar-refractivity contribution >= 4 is 17.4 Å². The number of H-pyrrole nitrogens is 1. The molecule has 6 heteroatoms. The lowest BCUT2D eigenvalue weighted by molar-refractivity contribution is 0.252. The van der Waals surface area contributed by atoms with Crippen molar-refractivity contribution < 1.29 is 4.79 Å². The molecule has 0 saturated carbocycles. The molecule has 20 heavy (non-hydrogen) atoms. The number of carbonyl (C=O) groups is 1. The van der Waals surface area contributed by atoms with Crippen molar-refractivity contribution in [2.75, 3.05) is 23.3 Å². The summed E-state index contributed by atoms with van der Waals surface area (Å²) in [5.41, 5.74) is 2.90. The molecule has 3 rings (SSSR count). The number of hydrogen-bond donors (Lipinski definition) is 3. The van der Waals surface area contributed by atoms with Gasteiger partial charge in [-0.2, -0.15) is 5.10 Å². The molecule has 1 unspecified atom stereocenters. The molecule has 1 aromatic carbocycles. The molecule has 2 aromatic rings. The Morgan fingerprint density at radius 1 is 1.40 bits per heavy atom. The number of nitrogens with zero attached hydrogens (tertiary/aromatic N) is 2. The van der Waals surface area contributed by atoms with E-state index in [0.29, 0.717) is 13.1 Å². The van der Waals surface area contributed by atoms with Crippen LogP contribution in [-0.4, -0.2) is 29.3 Å². The van der Waals surface area contributed by atoms with E-state index in [0.717, 1.165) is 17.1 Å². The Bertz CT molecular complexity index is 595. The lowest BCUT2D eigenvalue weighted by atomic mass is 10.2. The van der Waals surface area contributed by atoms with Gasteiger partial charge in [-0.3, -0.25) is 10.00 Å². The fraction of sp³-hybridized carbons (Fsp3) is 0.286. The average Bonchev–Trinajstić information content (AvgIpc) is 3.10. The molecular weight excluding hydrogens is 254 g/mol. The maximum Gasteiger partial charge on any atom is 0.321 e. The van der Waals surface area contributed by atoms with Gasteiger partial charge in [0.05, 0.1) is 11.7 Å². The molecule has 6 nitrogen and oxygen atoms in total. The number of anilines is 2. The van der Waals surface area contributed by atoms with E-state index in [1.165, 1.54) is 0 Å². The van der Waals surface area contributed by atoms with Gasteiger partial charge in [0, 0.05) is 30.7 Å². The van der Waals surface area contributed by atoms with Gasteiger partial charge < -0.3 is 10.6 Å². The van der Waals surface area contributed by atoms with Gasteiger partial charge in [-0.25, -0.2) is 4.79 Å². The Morgan fingerprint density at radius 2 is 2.30 bits per heavy atom. The summed E-state index contributed by atoms with van der Waals surface area (Å²) in [4.78, 5) is 13.4. The lowest BCUT2D eigenvalue weighted by Gasteiger charge is -2.18. The van der Waals surface area contributed by atoms with Crippen LogP contribution in [0, 0.1) is 0 Å². The first-order valence-electron chi connectivity index (χ1n) is 6.65. The fourth-order valence-electron chi connectivity index (χ4n) is 2.32. The highest BCUT2D eigenvalue weighted by molar-refractivity contribution is 5.94. The molecule has 0 bridgehead atoms. The van der Waals surface area contributed by atoms with Crippen LogP contribution in [0.5, 0.6) is 0 Å². The third kappa shape index (κ3) is 2.45. The van der Waals surface area contributed by atoms with Crippen LogP contribution in [0.2, 0.25) is 0 Å². The zero-order valence-corrected chi connectivity index (χ0v) is 11.3. The number of urea groups is 1. The van der Waals surface area contributed by atoms with Crippen LogP contribution >= 0.6 is 0 Å². The predicted molar refractivity (Wildman–Crippen MR) is 77.8 cm³/mol. The summed E-state index contributed by atoms with van der Waals surface area (Å²) in [6.45, 7) is 3.46. The first-order valence-corrected chi connectivity index (χ1v) is 6.65. The molecule has 2 heterocycles. The van der Waals surface area contributed by atoms with Crippen molar-refractivity contribution in [2.45, 2.75) is 13.0 Å². The van der Waals surface area contributed by atoms with Gasteiger partial charge in [-0.05, 0) is 31.2 Å². The number of aromatic nitrogens is 2. The van der Waals surface area contributed by atoms with Crippen molar-refractivity contribution in [3.63, 3.8) is 0 Å². The summed E-state index contributed by atoms with van der Waals surface area (Å²) in [7, 11) is 0. The van der Waals surface area contributed by atoms with Crippen molar-refractivity contribution in [2.24, 2.45) is 0 Å². The van der Waals surface area contributed by atoms with Crippen molar-refractivity contribution in [1.29, 1.82) is 0 Å². The highest BCUT2D eigenvalue weighted by Gasteiger charge is 2.21. The summed E-state index contributed by atoms with van der Waals surface area (Å²) in [6, 6.07) is 9.89. The van der Waals surface area contributed by atoms with E-state index in [-0.39, 0.29) is 12.1 Å². The molecule has 0 radical (unpaired) electrons. The number of rotatable bonds is 4. The second-order valence-electron chi connectivity index (χ2n) is 4.81. The largest absolute Gasteiger partial charge is 0.377 e. The van der Waals surface area contributed by atoms with Crippen LogP contribution in [0.3, 0.4) is 0 Å². The summed E-state index contributed by atoms with van der Waals surface area (Å²) >= 11 is 0. The van der Waals surface area contributed by atoms with Gasteiger partial charge in [-0.1, -0.05) is 6.07 Å². The SMILES string of the molecule is CC(Nc1cccc(N2CCNC2=O)c1)c1ccn[nH]1. The Kier molecular flexibility index (Phi) is 3.28. The van der Waals surface area contributed by atoms with Crippen LogP contribution in [0.1, 0.15) is 18.7 Å². The van der Waals surface area contributed by atoms with Crippen molar-refractivity contribution in [3.05, 3.63) is 42.2 Å². The summed E-state index contributed by atoms with van der Waals surface area (Å²) < 4.78 is 0. The Labute approximate surface area is 117 Å². The number of aromatic amines is 1. The van der Waals surface area contributed by atoms with Crippen LogP contribution < -0.4 is 15.5 Å². The first-order chi connectivity index (χ1) is 9.74. The molecule has 2 amide bonds. The quantitative estimate of drug-likeness (QED) is 0.797. The smallest absolute Gasteiger partial charge is 0.321 e. The zero-order valence-electron chi connectivity index (χ0n) is 11.3. The van der Waals surface area contributed by atoms with Crippen LogP contribution in [-0.2, 0) is 0 Å². The zero-order chi connectivity index (χ0) is 13.9. The molecule has 0 spiro atoms. The van der Waals surface area contributed by atoms with E-state index in [2.05, 4.69) is 27.8 Å². The molecule has 1 fully saturated rings. The van der Waals surface area contributed by atoms with E-state index >= 15 is 0 Å². The summed E-state index contributed by atoms with van der Waals surface area (Å²) in [6.07, 6.45) is 1.73. The minimum absolute atomic E-state index is 0.0382. The Balaban J connectivity index is 1.76. The number of amides is 2. The number of carbonyl (C=O) groups excluding carboxylic acids is 1. The topological polar surface area (TPSA) is 73.0 Å². The maximum atomic E-state index is 11.7. The molecule has 3 N–H and O–H groups in total. The highest BCUT2D eigenvalue weighted by Crippen LogP contribution is 2.23. The fourth-order valence-corrected chi connectivity index (χ4v) is 2.32. The van der Waals surface area contributed by atoms with Crippen LogP contribution in [0.4, 0.5) is 16.2 Å². The number of benzene rings is 1. The molecular formula is C14H17N5O. The predicted octanol–water partition coefficient (Wildman–Crippen LogP) is 2.11. The minimum Gasteiger partial charge on any atom is -0.377 e. The second-order valence-corrected chi connectivity index (χ2v) is 4.81. The molecule has 1 aliphatic rings. The third-order valence-corrected chi connectivity index (χ3v) is 3.39. The Morgan fingerprint density at radius 3 is 3.00 bits per heavy atom. The molecule has 104 valence electrons. The third-order valence-electron chi connectivity index (χ3n) is 3.39. The van der Waals surface area contributed by atoms with E-state index < -0.39 is 0 Å². The second kappa shape index (κ2) is 5.24. The maximum absolute atomic E-state index is 11.7. The van der Waals surface area contributed by atoms with E-state index in [4.69, 9.17) is 0 Å². The van der Waals surface area contributed by atoms with Crippen LogP contribution in [0.25, 0.3) is 0 Å². The van der Waals surface area contributed by atoms with Gasteiger partial charge in [0.15, 0.2) is 0 Å². The van der Waals surface area contributed by atoms with Gasteiger partial charge >= 0.3 is 6.03 Å². The van der Waals surface area contributed by atoms with Gasteiger partial charge in [0.2, 0.25) is 0 Å². The van der Waals surface area contributed by atoms with E-state index in [9.17, 15) is 4.79 Å². The van der Waals surface area contributed by atoms with Crippen molar-refractivity contribution in [1.82, 2.24) is 15.5 Å². The highest BCUT2D eigenvalue weighted by atomic mass is 16.2. The minimum atomic E-state index is -0.0382. The molecule has 1 atom stereocenters. The lowest BCUT2D eigenvalue weighted by Crippen LogP contribution is -2.27. The summed E-state index contributed by atoms with van der Waals surface area (Å²) in [5.74, 6) is 0. The summed E-state index contributed by atoms with van der Waals surface area (Å²) in [5, 5.41) is 13.1. The monoisotopic (exact) mass is 271 g/mol. The molecule has 1 aliphatic heterocycles. The standard InChI is InChI=1S/C14H17N5O/c1-10(13-5-6-16-18-13)17-11-3-2-4-12(9-11)19-8-7-15-14(19)20/h2-6,9-10,17H,7-8H2,1H3,(H,15,20)(H,16,18). The Hall–Kier alpha value is -2.50. The first kappa shape index (κ1) is 12.5. The van der Waals surface area contributed by atoms with E-state index in [1.807, 2.05) is 30.3 Å². The molecule has 1 aromatic heterocycles. The molecule has 0 aliphatic carbocycles. The van der Waals surface area contributed by atoms with E-state index in [1.54, 1.807) is 11.1 Å². The average molecular weight is 271 g/mol. The van der Waals surface area contributed by atoms with Crippen molar-refractivity contribution in [3.8, 4) is 0 Å². The number of hydrogen-bond acceptors (Lipinski definition) is 3. The number of nitrogens with one attached hydrogen (secondary N) is 3.